The Morgan fingerprint density at radius 1 is 1.39 bits per heavy atom. The average Bonchev–Trinajstić information content (AvgIpc) is 2.28. The number of nitrogens with one attached hydrogen (secondary N) is 2. The molecule has 0 saturated heterocycles. The highest BCUT2D eigenvalue weighted by Gasteiger charge is 2.05. The Hall–Kier alpha value is -1.55. The molecule has 18 heavy (non-hydrogen) atoms. The third-order valence-electron chi connectivity index (χ3n) is 2.49. The predicted octanol–water partition coefficient (Wildman–Crippen LogP) is 1.62. The maximum atomic E-state index is 11.5. The van der Waals surface area contributed by atoms with E-state index in [1.165, 1.54) is 5.56 Å². The molecule has 0 spiro atoms. The first-order valence-electron chi connectivity index (χ1n) is 6.16. The van der Waals surface area contributed by atoms with Crippen LogP contribution in [0.2, 0.25) is 0 Å². The molecule has 4 nitrogen and oxygen atoms in total. The topological polar surface area (TPSA) is 50.4 Å². The summed E-state index contributed by atoms with van der Waals surface area (Å²) < 4.78 is 5.28. The van der Waals surface area contributed by atoms with Crippen molar-refractivity contribution in [2.45, 2.75) is 33.4 Å². The summed E-state index contributed by atoms with van der Waals surface area (Å²) >= 11 is 0. The van der Waals surface area contributed by atoms with Gasteiger partial charge in [0.05, 0.1) is 13.7 Å². The van der Waals surface area contributed by atoms with Gasteiger partial charge in [-0.05, 0) is 26.8 Å². The molecule has 4 heteroatoms. The summed E-state index contributed by atoms with van der Waals surface area (Å²) in [6.07, 6.45) is 0. The Morgan fingerprint density at radius 2 is 2.11 bits per heavy atom. The second-order valence-corrected chi connectivity index (χ2v) is 4.64. The van der Waals surface area contributed by atoms with E-state index in [0.717, 1.165) is 11.3 Å². The zero-order valence-electron chi connectivity index (χ0n) is 11.5. The first kappa shape index (κ1) is 14.5. The maximum Gasteiger partial charge on any atom is 0.234 e. The van der Waals surface area contributed by atoms with Crippen LogP contribution in [0.4, 0.5) is 0 Å². The number of benzene rings is 1. The van der Waals surface area contributed by atoms with Crippen LogP contribution in [-0.2, 0) is 11.3 Å². The van der Waals surface area contributed by atoms with Gasteiger partial charge in [-0.25, -0.2) is 0 Å². The Morgan fingerprint density at radius 3 is 2.72 bits per heavy atom. The van der Waals surface area contributed by atoms with Crippen molar-refractivity contribution in [2.75, 3.05) is 13.7 Å². The van der Waals surface area contributed by atoms with Crippen molar-refractivity contribution in [1.82, 2.24) is 10.6 Å². The molecule has 100 valence electrons. The Bertz CT molecular complexity index is 403. The minimum Gasteiger partial charge on any atom is -0.496 e. The third-order valence-corrected chi connectivity index (χ3v) is 2.49. The number of carbonyl (C=O) groups is 1. The van der Waals surface area contributed by atoms with Crippen molar-refractivity contribution in [3.63, 3.8) is 0 Å². The lowest BCUT2D eigenvalue weighted by molar-refractivity contribution is -0.120. The van der Waals surface area contributed by atoms with E-state index in [1.54, 1.807) is 7.11 Å². The van der Waals surface area contributed by atoms with Crippen molar-refractivity contribution in [3.8, 4) is 5.75 Å². The molecule has 0 aromatic heterocycles. The van der Waals surface area contributed by atoms with Crippen LogP contribution in [0.25, 0.3) is 0 Å². The molecule has 0 saturated carbocycles. The van der Waals surface area contributed by atoms with E-state index >= 15 is 0 Å². The van der Waals surface area contributed by atoms with Crippen LogP contribution < -0.4 is 15.4 Å². The molecular formula is C14H22N2O2. The van der Waals surface area contributed by atoms with Crippen LogP contribution in [-0.4, -0.2) is 25.6 Å². The van der Waals surface area contributed by atoms with Gasteiger partial charge < -0.3 is 15.4 Å². The lowest BCUT2D eigenvalue weighted by Gasteiger charge is -2.12. The van der Waals surface area contributed by atoms with Gasteiger partial charge >= 0.3 is 0 Å². The molecule has 1 amide bonds. The zero-order chi connectivity index (χ0) is 13.5. The molecule has 0 fully saturated rings. The van der Waals surface area contributed by atoms with Gasteiger partial charge in [-0.3, -0.25) is 4.79 Å². The van der Waals surface area contributed by atoms with Gasteiger partial charge in [0.1, 0.15) is 5.75 Å². The molecule has 0 aliphatic carbocycles. The van der Waals surface area contributed by atoms with E-state index in [-0.39, 0.29) is 11.9 Å². The first-order chi connectivity index (χ1) is 8.52. The standard InChI is InChI=1S/C14H22N2O2/c1-10(2)16-14(17)9-15-8-12-7-11(3)5-6-13(12)18-4/h5-7,10,15H,8-9H2,1-4H3,(H,16,17). The van der Waals surface area contributed by atoms with E-state index < -0.39 is 0 Å². The SMILES string of the molecule is COc1ccc(C)cc1CNCC(=O)NC(C)C. The summed E-state index contributed by atoms with van der Waals surface area (Å²) in [7, 11) is 1.65. The Balaban J connectivity index is 2.48. The summed E-state index contributed by atoms with van der Waals surface area (Å²) in [5.41, 5.74) is 2.24. The molecule has 0 atom stereocenters. The maximum absolute atomic E-state index is 11.5. The second-order valence-electron chi connectivity index (χ2n) is 4.64. The van der Waals surface area contributed by atoms with E-state index in [2.05, 4.69) is 16.7 Å². The van der Waals surface area contributed by atoms with Crippen LogP contribution >= 0.6 is 0 Å². The van der Waals surface area contributed by atoms with Crippen LogP contribution in [0.5, 0.6) is 5.75 Å². The summed E-state index contributed by atoms with van der Waals surface area (Å²) in [5.74, 6) is 0.856. The predicted molar refractivity (Wildman–Crippen MR) is 72.7 cm³/mol. The number of hydrogen-bond donors (Lipinski definition) is 2. The molecule has 1 aromatic carbocycles. The molecular weight excluding hydrogens is 228 g/mol. The van der Waals surface area contributed by atoms with Crippen LogP contribution in [0.1, 0.15) is 25.0 Å². The van der Waals surface area contributed by atoms with Gasteiger partial charge in [-0.15, -0.1) is 0 Å². The van der Waals surface area contributed by atoms with Crippen LogP contribution in [0.3, 0.4) is 0 Å². The van der Waals surface area contributed by atoms with Gasteiger partial charge in [0, 0.05) is 18.2 Å². The number of amides is 1. The number of ether oxygens (including phenoxy) is 1. The molecule has 0 bridgehead atoms. The quantitative estimate of drug-likeness (QED) is 0.806. The van der Waals surface area contributed by atoms with Gasteiger partial charge in [0.15, 0.2) is 0 Å². The van der Waals surface area contributed by atoms with Crippen molar-refractivity contribution >= 4 is 5.91 Å². The van der Waals surface area contributed by atoms with Gasteiger partial charge in [0.25, 0.3) is 0 Å². The van der Waals surface area contributed by atoms with Crippen molar-refractivity contribution in [3.05, 3.63) is 29.3 Å². The monoisotopic (exact) mass is 250 g/mol. The molecule has 0 aliphatic heterocycles. The van der Waals surface area contributed by atoms with Crippen molar-refractivity contribution < 1.29 is 9.53 Å². The Kier molecular flexibility index (Phi) is 5.65. The average molecular weight is 250 g/mol. The second kappa shape index (κ2) is 7.01. The summed E-state index contributed by atoms with van der Waals surface area (Å²) in [6, 6.07) is 6.19. The molecule has 0 radical (unpaired) electrons. The fraction of sp³-hybridized carbons (Fsp3) is 0.500. The fourth-order valence-electron chi connectivity index (χ4n) is 1.73. The van der Waals surface area contributed by atoms with E-state index in [0.29, 0.717) is 13.1 Å². The molecule has 1 aromatic rings. The van der Waals surface area contributed by atoms with Crippen LogP contribution in [0.15, 0.2) is 18.2 Å². The summed E-state index contributed by atoms with van der Waals surface area (Å²) in [6.45, 7) is 6.86. The molecule has 1 rings (SSSR count). The normalized spacial score (nSPS) is 10.5. The van der Waals surface area contributed by atoms with Crippen molar-refractivity contribution in [1.29, 1.82) is 0 Å². The lowest BCUT2D eigenvalue weighted by atomic mass is 10.1. The highest BCUT2D eigenvalue weighted by atomic mass is 16.5. The minimum absolute atomic E-state index is 0.0108. The molecule has 0 unspecified atom stereocenters. The third kappa shape index (κ3) is 4.75. The number of rotatable bonds is 6. The first-order valence-corrected chi connectivity index (χ1v) is 6.16. The van der Waals surface area contributed by atoms with E-state index in [4.69, 9.17) is 4.74 Å². The van der Waals surface area contributed by atoms with E-state index in [9.17, 15) is 4.79 Å². The highest BCUT2D eigenvalue weighted by Crippen LogP contribution is 2.19. The van der Waals surface area contributed by atoms with Gasteiger partial charge in [-0.2, -0.15) is 0 Å². The number of aryl methyl sites for hydroxylation is 1. The number of hydrogen-bond acceptors (Lipinski definition) is 3. The fourth-order valence-corrected chi connectivity index (χ4v) is 1.73. The van der Waals surface area contributed by atoms with Gasteiger partial charge in [-0.1, -0.05) is 17.7 Å². The number of carbonyl (C=O) groups excluding carboxylic acids is 1. The largest absolute Gasteiger partial charge is 0.496 e. The molecule has 2 N–H and O–H groups in total. The molecule has 0 aliphatic rings. The smallest absolute Gasteiger partial charge is 0.234 e. The lowest BCUT2D eigenvalue weighted by Crippen LogP contribution is -2.37. The Labute approximate surface area is 109 Å². The highest BCUT2D eigenvalue weighted by molar-refractivity contribution is 5.78. The zero-order valence-corrected chi connectivity index (χ0v) is 11.5. The van der Waals surface area contributed by atoms with E-state index in [1.807, 2.05) is 32.9 Å². The van der Waals surface area contributed by atoms with Crippen LogP contribution in [0, 0.1) is 6.92 Å². The molecule has 0 heterocycles. The van der Waals surface area contributed by atoms with Crippen molar-refractivity contribution in [2.24, 2.45) is 0 Å². The van der Waals surface area contributed by atoms with Gasteiger partial charge in [0.2, 0.25) is 5.91 Å². The summed E-state index contributed by atoms with van der Waals surface area (Å²) in [4.78, 5) is 11.5. The number of methoxy groups -OCH3 is 1. The minimum atomic E-state index is 0.0108. The summed E-state index contributed by atoms with van der Waals surface area (Å²) in [5, 5.41) is 5.95.